The molecule has 1 aliphatic heterocycles. The van der Waals surface area contributed by atoms with Gasteiger partial charge in [0.25, 0.3) is 0 Å². The second-order valence-corrected chi connectivity index (χ2v) is 5.07. The van der Waals surface area contributed by atoms with Gasteiger partial charge in [-0.15, -0.1) is 0 Å². The Morgan fingerprint density at radius 3 is 2.82 bits per heavy atom. The van der Waals surface area contributed by atoms with E-state index in [1.54, 1.807) is 11.8 Å². The number of nitrogens with one attached hydrogen (secondary N) is 1. The molecule has 0 atom stereocenters. The van der Waals surface area contributed by atoms with Crippen LogP contribution in [0.25, 0.3) is 0 Å². The molecule has 0 bridgehead atoms. The molecule has 2 aromatic carbocycles. The molecule has 0 saturated heterocycles. The predicted octanol–water partition coefficient (Wildman–Crippen LogP) is 4.02. The molecule has 3 heteroatoms. The highest BCUT2D eigenvalue weighted by atomic mass is 32.2. The van der Waals surface area contributed by atoms with Gasteiger partial charge in [0.05, 0.1) is 11.4 Å². The van der Waals surface area contributed by atoms with E-state index in [1.807, 2.05) is 24.3 Å². The fourth-order valence-corrected chi connectivity index (χ4v) is 3.10. The first-order chi connectivity index (χ1) is 8.29. The molecule has 17 heavy (non-hydrogen) atoms. The number of aldehydes is 1. The van der Waals surface area contributed by atoms with Crippen molar-refractivity contribution in [2.75, 3.05) is 5.32 Å². The van der Waals surface area contributed by atoms with Crippen molar-refractivity contribution in [2.45, 2.75) is 16.7 Å². The molecule has 0 fully saturated rings. The third-order valence-corrected chi connectivity index (χ3v) is 4.10. The summed E-state index contributed by atoms with van der Waals surface area (Å²) in [5, 5.41) is 3.40. The molecular formula is C14H11NOS. The molecule has 0 aliphatic carbocycles. The van der Waals surface area contributed by atoms with Crippen LogP contribution in [0.2, 0.25) is 0 Å². The van der Waals surface area contributed by atoms with E-state index in [4.69, 9.17) is 0 Å². The number of carbonyl (C=O) groups excluding carboxylic acids is 1. The molecule has 3 rings (SSSR count). The van der Waals surface area contributed by atoms with E-state index in [1.165, 1.54) is 0 Å². The average Bonchev–Trinajstić information content (AvgIpc) is 2.38. The molecule has 0 saturated carbocycles. The van der Waals surface area contributed by atoms with Crippen molar-refractivity contribution < 1.29 is 4.79 Å². The van der Waals surface area contributed by atoms with Crippen molar-refractivity contribution >= 4 is 29.4 Å². The topological polar surface area (TPSA) is 29.1 Å². The first-order valence-electron chi connectivity index (χ1n) is 5.42. The van der Waals surface area contributed by atoms with Crippen LogP contribution in [0, 0.1) is 6.92 Å². The normalized spacial score (nSPS) is 12.3. The lowest BCUT2D eigenvalue weighted by molar-refractivity contribution is 0.112. The molecular weight excluding hydrogens is 230 g/mol. The molecule has 1 N–H and O–H groups in total. The van der Waals surface area contributed by atoms with Gasteiger partial charge in [-0.1, -0.05) is 36.0 Å². The number of rotatable bonds is 1. The van der Waals surface area contributed by atoms with Gasteiger partial charge in [-0.2, -0.15) is 0 Å². The summed E-state index contributed by atoms with van der Waals surface area (Å²) in [6.07, 6.45) is 0.918. The molecule has 0 unspecified atom stereocenters. The van der Waals surface area contributed by atoms with E-state index in [-0.39, 0.29) is 0 Å². The average molecular weight is 241 g/mol. The quantitative estimate of drug-likeness (QED) is 0.652. The number of hydrogen-bond acceptors (Lipinski definition) is 3. The highest BCUT2D eigenvalue weighted by Gasteiger charge is 2.19. The van der Waals surface area contributed by atoms with Crippen molar-refractivity contribution in [2.24, 2.45) is 0 Å². The maximum atomic E-state index is 11.1. The van der Waals surface area contributed by atoms with Gasteiger partial charge in [0, 0.05) is 15.4 Å². The van der Waals surface area contributed by atoms with E-state index in [2.05, 4.69) is 24.4 Å². The summed E-state index contributed by atoms with van der Waals surface area (Å²) in [6, 6.07) is 12.0. The van der Waals surface area contributed by atoms with Crippen LogP contribution in [0.5, 0.6) is 0 Å². The molecule has 1 aliphatic rings. The zero-order valence-corrected chi connectivity index (χ0v) is 10.2. The van der Waals surface area contributed by atoms with Crippen LogP contribution in [0.4, 0.5) is 11.4 Å². The summed E-state index contributed by atoms with van der Waals surface area (Å²) in [5.41, 5.74) is 4.07. The van der Waals surface area contributed by atoms with E-state index < -0.39 is 0 Å². The van der Waals surface area contributed by atoms with Crippen molar-refractivity contribution in [3.05, 3.63) is 47.5 Å². The number of aryl methyl sites for hydroxylation is 1. The van der Waals surface area contributed by atoms with Gasteiger partial charge in [0.1, 0.15) is 0 Å². The maximum Gasteiger partial charge on any atom is 0.151 e. The Hall–Kier alpha value is -1.74. The smallest absolute Gasteiger partial charge is 0.151 e. The highest BCUT2D eigenvalue weighted by Crippen LogP contribution is 2.46. The van der Waals surface area contributed by atoms with Gasteiger partial charge in [-0.25, -0.2) is 0 Å². The Morgan fingerprint density at radius 1 is 1.18 bits per heavy atom. The molecule has 0 radical (unpaired) electrons. The van der Waals surface area contributed by atoms with Crippen LogP contribution >= 0.6 is 11.8 Å². The second kappa shape index (κ2) is 3.93. The van der Waals surface area contributed by atoms with Gasteiger partial charge in [-0.05, 0) is 24.6 Å². The molecule has 1 heterocycles. The zero-order chi connectivity index (χ0) is 11.8. The van der Waals surface area contributed by atoms with Gasteiger partial charge < -0.3 is 5.32 Å². The van der Waals surface area contributed by atoms with Crippen molar-refractivity contribution in [1.82, 2.24) is 0 Å². The lowest BCUT2D eigenvalue weighted by Gasteiger charge is -2.23. The van der Waals surface area contributed by atoms with Crippen molar-refractivity contribution in [1.29, 1.82) is 0 Å². The maximum absolute atomic E-state index is 11.1. The number of anilines is 2. The van der Waals surface area contributed by atoms with Crippen LogP contribution in [0.15, 0.2) is 46.2 Å². The van der Waals surface area contributed by atoms with Crippen LogP contribution in [0.3, 0.4) is 0 Å². The molecule has 0 aromatic heterocycles. The largest absolute Gasteiger partial charge is 0.353 e. The summed E-state index contributed by atoms with van der Waals surface area (Å²) < 4.78 is 0. The van der Waals surface area contributed by atoms with E-state index in [0.717, 1.165) is 38.6 Å². The second-order valence-electron chi connectivity index (χ2n) is 4.02. The lowest BCUT2D eigenvalue weighted by atomic mass is 10.1. The minimum atomic E-state index is 0.748. The fourth-order valence-electron chi connectivity index (χ4n) is 1.96. The minimum absolute atomic E-state index is 0.748. The van der Waals surface area contributed by atoms with Crippen LogP contribution < -0.4 is 5.32 Å². The Bertz CT molecular complexity index is 607. The summed E-state index contributed by atoms with van der Waals surface area (Å²) in [4.78, 5) is 13.2. The van der Waals surface area contributed by atoms with E-state index in [9.17, 15) is 4.79 Å². The van der Waals surface area contributed by atoms with Crippen LogP contribution in [-0.4, -0.2) is 6.29 Å². The zero-order valence-electron chi connectivity index (χ0n) is 9.36. The minimum Gasteiger partial charge on any atom is -0.353 e. The summed E-state index contributed by atoms with van der Waals surface area (Å²) in [5.74, 6) is 0. The number of hydrogen-bond donors (Lipinski definition) is 1. The Labute approximate surface area is 104 Å². The van der Waals surface area contributed by atoms with Crippen LogP contribution in [0.1, 0.15) is 15.9 Å². The van der Waals surface area contributed by atoms with E-state index in [0.29, 0.717) is 0 Å². The third kappa shape index (κ3) is 1.63. The Kier molecular flexibility index (Phi) is 2.41. The molecule has 0 spiro atoms. The predicted molar refractivity (Wildman–Crippen MR) is 70.4 cm³/mol. The summed E-state index contributed by atoms with van der Waals surface area (Å²) in [7, 11) is 0. The van der Waals surface area contributed by atoms with E-state index >= 15 is 0 Å². The SMILES string of the molecule is Cc1ccc(C=O)c2c1Nc1ccccc1S2. The Morgan fingerprint density at radius 2 is 2.00 bits per heavy atom. The molecule has 0 amide bonds. The number of carbonyl (C=O) groups is 1. The third-order valence-electron chi connectivity index (χ3n) is 2.88. The van der Waals surface area contributed by atoms with Crippen LogP contribution in [-0.2, 0) is 0 Å². The molecule has 84 valence electrons. The number of para-hydroxylation sites is 1. The number of benzene rings is 2. The fraction of sp³-hybridized carbons (Fsp3) is 0.0714. The summed E-state index contributed by atoms with van der Waals surface area (Å²) >= 11 is 1.65. The standard InChI is InChI=1S/C14H11NOS/c1-9-6-7-10(8-16)14-13(9)15-11-4-2-3-5-12(11)17-14/h2-8,15H,1H3. The summed E-state index contributed by atoms with van der Waals surface area (Å²) in [6.45, 7) is 2.05. The molecule has 2 aromatic rings. The Balaban J connectivity index is 2.20. The first-order valence-corrected chi connectivity index (χ1v) is 6.24. The highest BCUT2D eigenvalue weighted by molar-refractivity contribution is 7.99. The van der Waals surface area contributed by atoms with Gasteiger partial charge in [-0.3, -0.25) is 4.79 Å². The van der Waals surface area contributed by atoms with Gasteiger partial charge >= 0.3 is 0 Å². The van der Waals surface area contributed by atoms with Gasteiger partial charge in [0.2, 0.25) is 0 Å². The van der Waals surface area contributed by atoms with Crippen molar-refractivity contribution in [3.63, 3.8) is 0 Å². The van der Waals surface area contributed by atoms with Gasteiger partial charge in [0.15, 0.2) is 6.29 Å². The number of fused-ring (bicyclic) bond motifs is 2. The molecule has 2 nitrogen and oxygen atoms in total. The lowest BCUT2D eigenvalue weighted by Crippen LogP contribution is -2.03. The monoisotopic (exact) mass is 241 g/mol. The first kappa shape index (κ1) is 10.4. The van der Waals surface area contributed by atoms with Crippen molar-refractivity contribution in [3.8, 4) is 0 Å².